The third-order valence-corrected chi connectivity index (χ3v) is 3.69. The molecule has 0 aliphatic rings. The van der Waals surface area contributed by atoms with Crippen molar-refractivity contribution in [3.63, 3.8) is 0 Å². The number of esters is 1. The van der Waals surface area contributed by atoms with E-state index in [1.54, 1.807) is 30.3 Å². The lowest BCUT2D eigenvalue weighted by Gasteiger charge is -2.12. The van der Waals surface area contributed by atoms with E-state index < -0.39 is 22.9 Å². The van der Waals surface area contributed by atoms with E-state index in [-0.39, 0.29) is 30.0 Å². The first-order valence-electron chi connectivity index (χ1n) is 8.20. The number of nitrogens with zero attached hydrogens (tertiary/aromatic N) is 1. The normalized spacial score (nSPS) is 11.3. The van der Waals surface area contributed by atoms with Crippen LogP contribution in [0.15, 0.2) is 54.6 Å². The molecule has 27 heavy (non-hydrogen) atoms. The molecule has 0 saturated carbocycles. The van der Waals surface area contributed by atoms with Crippen LogP contribution in [0.3, 0.4) is 0 Å². The quantitative estimate of drug-likeness (QED) is 0.330. The van der Waals surface area contributed by atoms with Crippen molar-refractivity contribution in [2.75, 3.05) is 6.54 Å². The van der Waals surface area contributed by atoms with E-state index in [2.05, 4.69) is 5.32 Å². The number of hydrogen-bond donors (Lipinski definition) is 1. The van der Waals surface area contributed by atoms with Gasteiger partial charge in [-0.25, -0.2) is 0 Å². The number of rotatable bonds is 8. The summed E-state index contributed by atoms with van der Waals surface area (Å²) in [5.74, 6) is -1.39. The largest absolute Gasteiger partial charge is 0.454 e. The van der Waals surface area contributed by atoms with Gasteiger partial charge >= 0.3 is 5.97 Å². The maximum absolute atomic E-state index is 12.1. The van der Waals surface area contributed by atoms with Crippen molar-refractivity contribution < 1.29 is 24.0 Å². The summed E-state index contributed by atoms with van der Waals surface area (Å²) in [7, 11) is 0. The van der Waals surface area contributed by atoms with Crippen LogP contribution in [0.4, 0.5) is 5.69 Å². The van der Waals surface area contributed by atoms with E-state index in [9.17, 15) is 24.5 Å². The lowest BCUT2D eigenvalue weighted by molar-refractivity contribution is -0.384. The maximum Gasteiger partial charge on any atom is 0.308 e. The Kier molecular flexibility index (Phi) is 6.76. The first-order valence-corrected chi connectivity index (χ1v) is 8.20. The number of Topliss-reactive ketones (excluding diaryl/α,β-unsaturated/α-hetero) is 1. The van der Waals surface area contributed by atoms with Crippen molar-refractivity contribution >= 4 is 23.3 Å². The predicted octanol–water partition coefficient (Wildman–Crippen LogP) is 2.53. The lowest BCUT2D eigenvalue weighted by Crippen LogP contribution is -2.29. The molecule has 0 heterocycles. The van der Waals surface area contributed by atoms with E-state index >= 15 is 0 Å². The molecule has 2 aromatic rings. The van der Waals surface area contributed by atoms with Crippen LogP contribution < -0.4 is 5.32 Å². The molecule has 2 rings (SSSR count). The summed E-state index contributed by atoms with van der Waals surface area (Å²) >= 11 is 0. The predicted molar refractivity (Wildman–Crippen MR) is 96.4 cm³/mol. The average Bonchev–Trinajstić information content (AvgIpc) is 2.67. The van der Waals surface area contributed by atoms with Gasteiger partial charge in [-0.1, -0.05) is 30.3 Å². The van der Waals surface area contributed by atoms with E-state index in [1.165, 1.54) is 31.2 Å². The van der Waals surface area contributed by atoms with Crippen molar-refractivity contribution in [1.29, 1.82) is 0 Å². The Morgan fingerprint density at radius 1 is 1.04 bits per heavy atom. The van der Waals surface area contributed by atoms with Gasteiger partial charge in [-0.2, -0.15) is 0 Å². The molecule has 1 unspecified atom stereocenters. The summed E-state index contributed by atoms with van der Waals surface area (Å²) in [6.07, 6.45) is -1.03. The molecule has 1 amide bonds. The van der Waals surface area contributed by atoms with Gasteiger partial charge in [0.2, 0.25) is 5.78 Å². The van der Waals surface area contributed by atoms with Gasteiger partial charge in [0.1, 0.15) is 0 Å². The standard InChI is InChI=1S/C19H18N2O6/c1-13(18(23)14-5-3-2-4-6-14)27-17(22)11-12-20-19(24)15-7-9-16(10-8-15)21(25)26/h2-10,13H,11-12H2,1H3,(H,20,24). The van der Waals surface area contributed by atoms with Crippen molar-refractivity contribution in [2.45, 2.75) is 19.4 Å². The molecule has 0 radical (unpaired) electrons. The molecule has 0 fully saturated rings. The minimum Gasteiger partial charge on any atom is -0.454 e. The number of carbonyl (C=O) groups is 3. The molecule has 0 aliphatic carbocycles. The van der Waals surface area contributed by atoms with Gasteiger partial charge < -0.3 is 10.1 Å². The van der Waals surface area contributed by atoms with E-state index in [4.69, 9.17) is 4.74 Å². The molecule has 0 bridgehead atoms. The number of nitro benzene ring substituents is 1. The fraction of sp³-hybridized carbons (Fsp3) is 0.211. The first kappa shape index (κ1) is 19.8. The zero-order valence-corrected chi connectivity index (χ0v) is 14.6. The number of nitro groups is 1. The van der Waals surface area contributed by atoms with Crippen LogP contribution >= 0.6 is 0 Å². The summed E-state index contributed by atoms with van der Waals surface area (Å²) in [6.45, 7) is 1.50. The summed E-state index contributed by atoms with van der Waals surface area (Å²) in [5.41, 5.74) is 0.568. The Balaban J connectivity index is 1.77. The zero-order valence-electron chi connectivity index (χ0n) is 14.6. The van der Waals surface area contributed by atoms with Crippen LogP contribution in [0.1, 0.15) is 34.1 Å². The highest BCUT2D eigenvalue weighted by Crippen LogP contribution is 2.12. The Labute approximate surface area is 155 Å². The van der Waals surface area contributed by atoms with Gasteiger partial charge in [0.25, 0.3) is 11.6 Å². The fourth-order valence-electron chi connectivity index (χ4n) is 2.26. The highest BCUT2D eigenvalue weighted by atomic mass is 16.6. The van der Waals surface area contributed by atoms with Gasteiger partial charge in [-0.3, -0.25) is 24.5 Å². The monoisotopic (exact) mass is 370 g/mol. The molecular formula is C19H18N2O6. The van der Waals surface area contributed by atoms with Crippen molar-refractivity contribution in [1.82, 2.24) is 5.32 Å². The van der Waals surface area contributed by atoms with Gasteiger partial charge in [0, 0.05) is 29.8 Å². The SMILES string of the molecule is CC(OC(=O)CCNC(=O)c1ccc([N+](=O)[O-])cc1)C(=O)c1ccccc1. The number of carbonyl (C=O) groups excluding carboxylic acids is 3. The van der Waals surface area contributed by atoms with Crippen LogP contribution in [0, 0.1) is 10.1 Å². The first-order chi connectivity index (χ1) is 12.9. The Bertz CT molecular complexity index is 833. The number of ketones is 1. The van der Waals surface area contributed by atoms with Crippen molar-refractivity contribution in [3.8, 4) is 0 Å². The molecule has 0 aliphatic heterocycles. The molecule has 8 heteroatoms. The maximum atomic E-state index is 12.1. The minimum atomic E-state index is -0.926. The molecule has 0 spiro atoms. The molecule has 8 nitrogen and oxygen atoms in total. The number of ether oxygens (including phenoxy) is 1. The average molecular weight is 370 g/mol. The molecular weight excluding hydrogens is 352 g/mol. The van der Waals surface area contributed by atoms with Crippen LogP contribution in [-0.4, -0.2) is 35.2 Å². The van der Waals surface area contributed by atoms with E-state index in [1.807, 2.05) is 0 Å². The van der Waals surface area contributed by atoms with Crippen molar-refractivity contribution in [2.24, 2.45) is 0 Å². The second kappa shape index (κ2) is 9.23. The number of amides is 1. The zero-order chi connectivity index (χ0) is 19.8. The molecule has 1 N–H and O–H groups in total. The van der Waals surface area contributed by atoms with Crippen LogP contribution in [-0.2, 0) is 9.53 Å². The summed E-state index contributed by atoms with van der Waals surface area (Å²) in [5, 5.41) is 13.1. The van der Waals surface area contributed by atoms with Gasteiger partial charge in [-0.15, -0.1) is 0 Å². The second-order valence-electron chi connectivity index (χ2n) is 5.67. The number of benzene rings is 2. The van der Waals surface area contributed by atoms with Crippen molar-refractivity contribution in [3.05, 3.63) is 75.8 Å². The molecule has 0 saturated heterocycles. The van der Waals surface area contributed by atoms with Gasteiger partial charge in [0.05, 0.1) is 11.3 Å². The Hall–Kier alpha value is -3.55. The van der Waals surface area contributed by atoms with E-state index in [0.29, 0.717) is 5.56 Å². The molecule has 1 atom stereocenters. The molecule has 140 valence electrons. The number of hydrogen-bond acceptors (Lipinski definition) is 6. The highest BCUT2D eigenvalue weighted by Gasteiger charge is 2.19. The van der Waals surface area contributed by atoms with E-state index in [0.717, 1.165) is 0 Å². The lowest BCUT2D eigenvalue weighted by atomic mass is 10.1. The highest BCUT2D eigenvalue weighted by molar-refractivity contribution is 6.00. The Morgan fingerprint density at radius 3 is 2.26 bits per heavy atom. The van der Waals surface area contributed by atoms with Gasteiger partial charge in [0.15, 0.2) is 6.10 Å². The van der Waals surface area contributed by atoms with Crippen LogP contribution in [0.25, 0.3) is 0 Å². The molecule has 2 aromatic carbocycles. The summed E-state index contributed by atoms with van der Waals surface area (Å²) in [4.78, 5) is 45.9. The molecule has 0 aromatic heterocycles. The second-order valence-corrected chi connectivity index (χ2v) is 5.67. The smallest absolute Gasteiger partial charge is 0.308 e. The fourth-order valence-corrected chi connectivity index (χ4v) is 2.26. The third-order valence-electron chi connectivity index (χ3n) is 3.69. The topological polar surface area (TPSA) is 116 Å². The minimum absolute atomic E-state index is 0.0148. The van der Waals surface area contributed by atoms with Crippen LogP contribution in [0.2, 0.25) is 0 Å². The number of nitrogens with one attached hydrogen (secondary N) is 1. The summed E-state index contributed by atoms with van der Waals surface area (Å²) < 4.78 is 5.08. The summed E-state index contributed by atoms with van der Waals surface area (Å²) in [6, 6.07) is 13.6. The van der Waals surface area contributed by atoms with Crippen LogP contribution in [0.5, 0.6) is 0 Å². The van der Waals surface area contributed by atoms with Gasteiger partial charge in [-0.05, 0) is 19.1 Å². The third kappa shape index (κ3) is 5.74. The Morgan fingerprint density at radius 2 is 1.67 bits per heavy atom. The number of non-ortho nitro benzene ring substituents is 1.